The Hall–Kier alpha value is 0.850. The molecule has 2 aliphatic rings. The number of halogens is 2. The van der Waals surface area contributed by atoms with Crippen LogP contribution in [0, 0.1) is 0 Å². The van der Waals surface area contributed by atoms with E-state index in [0.717, 1.165) is 28.5 Å². The van der Waals surface area contributed by atoms with E-state index in [4.69, 9.17) is 4.74 Å². The van der Waals surface area contributed by atoms with Crippen molar-refractivity contribution in [3.05, 3.63) is 0 Å². The number of carbonyl (C=O) groups is 1. The number of quaternary nitrogens is 2. The Morgan fingerprint density at radius 1 is 0.595 bits per heavy atom. The van der Waals surface area contributed by atoms with Gasteiger partial charge < -0.3 is 61.7 Å². The summed E-state index contributed by atoms with van der Waals surface area (Å²) < 4.78 is 8.41. The van der Waals surface area contributed by atoms with Crippen LogP contribution in [-0.4, -0.2) is 74.4 Å². The van der Waals surface area contributed by atoms with E-state index in [0.29, 0.717) is 6.42 Å². The van der Waals surface area contributed by atoms with E-state index in [-0.39, 0.29) is 60.0 Å². The second-order valence-electron chi connectivity index (χ2n) is 12.7. The fraction of sp³-hybridized carbons (Fsp3) is 0.968. The molecule has 0 saturated carbocycles. The molecular weight excluding hydrogens is 686 g/mol. The number of likely N-dealkylation sites (N-methyl/N-ethyl adjacent to an activating group) is 2. The maximum absolute atomic E-state index is 12.8. The molecule has 0 aromatic rings. The lowest BCUT2D eigenvalue weighted by Gasteiger charge is -2.43. The zero-order valence-corrected chi connectivity index (χ0v) is 29.2. The molecule has 0 aromatic heterocycles. The largest absolute Gasteiger partial charge is 1.00 e. The first-order valence-corrected chi connectivity index (χ1v) is 15.8. The quantitative estimate of drug-likeness (QED) is 0.0871. The standard InChI is InChI=1S/C31H62N2O2.2HI/c1-4-5-6-7-8-9-10-11-12-13-14-15-18-23-31(34)35-30(28-32(2)24-19-16-20-25-32)29-33(3)26-21-17-22-27-33;;/h30H,4-29H2,1-3H3;2*1H/q+2;;/p-2. The SMILES string of the molecule is CCCCCCCCCCCCCCCC(=O)OC(C[N+]1(C)CCCCC1)C[N+]1(C)CCCCC1.[I-].[I-]. The minimum Gasteiger partial charge on any atom is -1.00 e. The number of hydrogen-bond acceptors (Lipinski definition) is 2. The van der Waals surface area contributed by atoms with E-state index in [2.05, 4.69) is 21.0 Å². The van der Waals surface area contributed by atoms with Crippen molar-refractivity contribution in [2.24, 2.45) is 0 Å². The first-order valence-electron chi connectivity index (χ1n) is 15.8. The molecule has 2 fully saturated rings. The number of unbranched alkanes of at least 4 members (excludes halogenated alkanes) is 12. The molecule has 0 aromatic carbocycles. The lowest BCUT2D eigenvalue weighted by Crippen LogP contribution is -3.00. The maximum Gasteiger partial charge on any atom is 0.306 e. The highest BCUT2D eigenvalue weighted by Crippen LogP contribution is 2.22. The molecule has 0 spiro atoms. The molecule has 2 aliphatic heterocycles. The predicted octanol–water partition coefficient (Wildman–Crippen LogP) is 1.65. The van der Waals surface area contributed by atoms with Crippen LogP contribution in [-0.2, 0) is 9.53 Å². The van der Waals surface area contributed by atoms with Crippen molar-refractivity contribution in [2.75, 3.05) is 53.4 Å². The van der Waals surface area contributed by atoms with Gasteiger partial charge in [-0.05, 0) is 44.9 Å². The summed E-state index contributed by atoms with van der Waals surface area (Å²) in [6.45, 7) is 9.30. The Kier molecular flexibility index (Phi) is 23.0. The molecule has 0 unspecified atom stereocenters. The van der Waals surface area contributed by atoms with E-state index >= 15 is 0 Å². The third kappa shape index (κ3) is 18.0. The van der Waals surface area contributed by atoms with Gasteiger partial charge in [-0.25, -0.2) is 0 Å². The topological polar surface area (TPSA) is 26.3 Å². The summed E-state index contributed by atoms with van der Waals surface area (Å²) >= 11 is 0. The van der Waals surface area contributed by atoms with Gasteiger partial charge in [0, 0.05) is 6.42 Å². The molecule has 0 bridgehead atoms. The monoisotopic (exact) mass is 748 g/mol. The molecule has 2 heterocycles. The van der Waals surface area contributed by atoms with Crippen molar-refractivity contribution in [1.82, 2.24) is 0 Å². The van der Waals surface area contributed by atoms with E-state index in [1.165, 1.54) is 142 Å². The Labute approximate surface area is 265 Å². The normalized spacial score (nSPS) is 18.6. The summed E-state index contributed by atoms with van der Waals surface area (Å²) in [6, 6.07) is 0. The van der Waals surface area contributed by atoms with Crippen LogP contribution in [0.4, 0.5) is 0 Å². The number of esters is 1. The zero-order valence-electron chi connectivity index (χ0n) is 24.9. The summed E-state index contributed by atoms with van der Waals surface area (Å²) in [7, 11) is 4.78. The van der Waals surface area contributed by atoms with Gasteiger partial charge in [-0.3, -0.25) is 4.79 Å². The van der Waals surface area contributed by atoms with Gasteiger partial charge in [0.15, 0.2) is 6.10 Å². The number of ether oxygens (including phenoxy) is 1. The summed E-state index contributed by atoms with van der Waals surface area (Å²) in [5, 5.41) is 0. The van der Waals surface area contributed by atoms with Crippen molar-refractivity contribution in [3.63, 3.8) is 0 Å². The number of carbonyl (C=O) groups excluding carboxylic acids is 1. The first kappa shape index (κ1) is 37.9. The van der Waals surface area contributed by atoms with Crippen LogP contribution >= 0.6 is 0 Å². The molecule has 0 radical (unpaired) electrons. The van der Waals surface area contributed by atoms with Crippen LogP contribution < -0.4 is 48.0 Å². The van der Waals surface area contributed by atoms with E-state index in [1.807, 2.05) is 0 Å². The Balaban J connectivity index is 0.00000648. The van der Waals surface area contributed by atoms with Crippen molar-refractivity contribution in [1.29, 1.82) is 0 Å². The Bertz CT molecular complexity index is 523. The third-order valence-corrected chi connectivity index (χ3v) is 8.86. The van der Waals surface area contributed by atoms with E-state index in [1.54, 1.807) is 0 Å². The molecule has 0 amide bonds. The van der Waals surface area contributed by atoms with Crippen LogP contribution in [0.15, 0.2) is 0 Å². The van der Waals surface area contributed by atoms with Crippen LogP contribution in [0.5, 0.6) is 0 Å². The third-order valence-electron chi connectivity index (χ3n) is 8.86. The summed E-state index contributed by atoms with van der Waals surface area (Å²) in [5.41, 5.74) is 0. The van der Waals surface area contributed by atoms with Crippen molar-refractivity contribution >= 4 is 5.97 Å². The number of hydrogen-bond donors (Lipinski definition) is 0. The molecule has 6 heteroatoms. The summed E-state index contributed by atoms with van der Waals surface area (Å²) in [4.78, 5) is 12.8. The molecule has 4 nitrogen and oxygen atoms in total. The van der Waals surface area contributed by atoms with Gasteiger partial charge in [-0.15, -0.1) is 0 Å². The minimum absolute atomic E-state index is 0. The van der Waals surface area contributed by atoms with Gasteiger partial charge in [-0.1, -0.05) is 84.0 Å². The molecule has 2 saturated heterocycles. The molecule has 0 N–H and O–H groups in total. The highest BCUT2D eigenvalue weighted by Gasteiger charge is 2.36. The van der Waals surface area contributed by atoms with Crippen molar-refractivity contribution in [3.8, 4) is 0 Å². The maximum atomic E-state index is 12.8. The first-order chi connectivity index (χ1) is 16.9. The van der Waals surface area contributed by atoms with Crippen LogP contribution in [0.3, 0.4) is 0 Å². The van der Waals surface area contributed by atoms with Crippen LogP contribution in [0.25, 0.3) is 0 Å². The van der Waals surface area contributed by atoms with Gasteiger partial charge in [0.05, 0.1) is 40.3 Å². The van der Waals surface area contributed by atoms with Gasteiger partial charge in [-0.2, -0.15) is 0 Å². The summed E-state index contributed by atoms with van der Waals surface area (Å²) in [6.07, 6.45) is 26.1. The van der Waals surface area contributed by atoms with Gasteiger partial charge >= 0.3 is 5.97 Å². The summed E-state index contributed by atoms with van der Waals surface area (Å²) in [5.74, 6) is 0.0605. The van der Waals surface area contributed by atoms with Gasteiger partial charge in [0.25, 0.3) is 0 Å². The fourth-order valence-electron chi connectivity index (χ4n) is 6.56. The van der Waals surface area contributed by atoms with Crippen molar-refractivity contribution < 1.29 is 66.5 Å². The molecular formula is C31H62I2N2O2. The average molecular weight is 749 g/mol. The number of nitrogens with zero attached hydrogens (tertiary/aromatic N) is 2. The second kappa shape index (κ2) is 22.5. The van der Waals surface area contributed by atoms with Gasteiger partial charge in [0.2, 0.25) is 0 Å². The average Bonchev–Trinajstić information content (AvgIpc) is 2.82. The Morgan fingerprint density at radius 2 is 0.946 bits per heavy atom. The van der Waals surface area contributed by atoms with Crippen LogP contribution in [0.1, 0.15) is 135 Å². The minimum atomic E-state index is 0. The fourth-order valence-corrected chi connectivity index (χ4v) is 6.56. The smallest absolute Gasteiger partial charge is 0.306 e. The van der Waals surface area contributed by atoms with Gasteiger partial charge in [0.1, 0.15) is 13.1 Å². The molecule has 0 atom stereocenters. The second-order valence-corrected chi connectivity index (χ2v) is 12.7. The zero-order chi connectivity index (χ0) is 25.2. The molecule has 37 heavy (non-hydrogen) atoms. The molecule has 0 aliphatic carbocycles. The van der Waals surface area contributed by atoms with E-state index < -0.39 is 0 Å². The predicted molar refractivity (Wildman–Crippen MR) is 149 cm³/mol. The number of likely N-dealkylation sites (tertiary alicyclic amines) is 2. The van der Waals surface area contributed by atoms with Crippen molar-refractivity contribution in [2.45, 2.75) is 141 Å². The van der Waals surface area contributed by atoms with Crippen LogP contribution in [0.2, 0.25) is 0 Å². The highest BCUT2D eigenvalue weighted by molar-refractivity contribution is 5.69. The number of piperidine rings is 2. The lowest BCUT2D eigenvalue weighted by molar-refractivity contribution is -0.936. The highest BCUT2D eigenvalue weighted by atomic mass is 127. The molecule has 222 valence electrons. The van der Waals surface area contributed by atoms with E-state index in [9.17, 15) is 4.79 Å². The number of rotatable bonds is 19. The molecule has 2 rings (SSSR count). The lowest BCUT2D eigenvalue weighted by atomic mass is 10.0. The Morgan fingerprint density at radius 3 is 1.32 bits per heavy atom.